The molecule has 0 saturated carbocycles. The number of hydrogen-bond acceptors (Lipinski definition) is 5. The Morgan fingerprint density at radius 1 is 1.16 bits per heavy atom. The third kappa shape index (κ3) is 4.52. The van der Waals surface area contributed by atoms with Crippen LogP contribution < -0.4 is 0 Å². The number of carbonyl (C=O) groups excluding carboxylic acids is 1. The molecule has 2 aromatic carbocycles. The molecular weight excluding hydrogens is 445 g/mol. The summed E-state index contributed by atoms with van der Waals surface area (Å²) in [6.45, 7) is 0.354. The number of aromatic nitrogens is 3. The van der Waals surface area contributed by atoms with Crippen molar-refractivity contribution in [2.45, 2.75) is 17.9 Å². The molecule has 0 unspecified atom stereocenters. The number of ketones is 1. The number of nitrogens with zero attached hydrogens (tertiary/aromatic N) is 3. The average Bonchev–Trinajstić information content (AvgIpc) is 3.38. The minimum atomic E-state index is -4.50. The van der Waals surface area contributed by atoms with Crippen LogP contribution in [0.3, 0.4) is 0 Å². The van der Waals surface area contributed by atoms with Crippen LogP contribution in [-0.4, -0.2) is 31.0 Å². The van der Waals surface area contributed by atoms with Gasteiger partial charge in [0, 0.05) is 6.07 Å². The van der Waals surface area contributed by atoms with Gasteiger partial charge in [-0.3, -0.25) is 14.9 Å². The van der Waals surface area contributed by atoms with E-state index in [0.29, 0.717) is 17.2 Å². The Kier molecular flexibility index (Phi) is 5.74. The van der Waals surface area contributed by atoms with E-state index in [-0.39, 0.29) is 22.7 Å². The van der Waals surface area contributed by atoms with E-state index < -0.39 is 22.4 Å². The molecule has 7 nitrogen and oxygen atoms in total. The fraction of sp³-hybridized carbons (Fsp3) is 0.143. The standard InChI is InChI=1S/C21H15F3N4O3S/c22-21(23,24)14-6-7-18-16(8-14)26-20(27(18)11-13-4-2-1-3-5-13)32-12-19(29)17-9-15(10-25-17)28(30)31/h1-10,25H,11-12H2. The van der Waals surface area contributed by atoms with Crippen molar-refractivity contribution in [1.82, 2.24) is 14.5 Å². The van der Waals surface area contributed by atoms with Crippen LogP contribution in [0.15, 0.2) is 66.0 Å². The molecule has 0 amide bonds. The van der Waals surface area contributed by atoms with E-state index in [4.69, 9.17) is 0 Å². The molecular formula is C21H15F3N4O3S. The number of carbonyl (C=O) groups is 1. The molecule has 0 atom stereocenters. The molecule has 0 spiro atoms. The van der Waals surface area contributed by atoms with Crippen molar-refractivity contribution in [3.05, 3.63) is 87.7 Å². The van der Waals surface area contributed by atoms with Crippen molar-refractivity contribution in [2.75, 3.05) is 5.75 Å². The van der Waals surface area contributed by atoms with Gasteiger partial charge in [-0.2, -0.15) is 13.2 Å². The van der Waals surface area contributed by atoms with Gasteiger partial charge < -0.3 is 9.55 Å². The number of nitrogens with one attached hydrogen (secondary N) is 1. The van der Waals surface area contributed by atoms with E-state index in [1.807, 2.05) is 30.3 Å². The molecule has 0 aliphatic carbocycles. The lowest BCUT2D eigenvalue weighted by molar-refractivity contribution is -0.384. The minimum absolute atomic E-state index is 0.0780. The normalized spacial score (nSPS) is 11.7. The number of H-pyrrole nitrogens is 1. The maximum atomic E-state index is 13.1. The van der Waals surface area contributed by atoms with Gasteiger partial charge in [0.05, 0.1) is 45.7 Å². The Hall–Kier alpha value is -3.60. The lowest BCUT2D eigenvalue weighted by atomic mass is 10.2. The maximum Gasteiger partial charge on any atom is 0.416 e. The summed E-state index contributed by atoms with van der Waals surface area (Å²) in [5.41, 5.74) is 0.637. The number of imidazole rings is 1. The van der Waals surface area contributed by atoms with Crippen molar-refractivity contribution >= 4 is 34.3 Å². The van der Waals surface area contributed by atoms with Crippen LogP contribution >= 0.6 is 11.8 Å². The smallest absolute Gasteiger partial charge is 0.353 e. The number of hydrogen-bond donors (Lipinski definition) is 1. The second kappa shape index (κ2) is 8.50. The Morgan fingerprint density at radius 3 is 2.56 bits per heavy atom. The van der Waals surface area contributed by atoms with E-state index in [9.17, 15) is 28.1 Å². The van der Waals surface area contributed by atoms with Gasteiger partial charge in [-0.05, 0) is 23.8 Å². The van der Waals surface area contributed by atoms with Crippen molar-refractivity contribution in [3.8, 4) is 0 Å². The molecule has 0 radical (unpaired) electrons. The minimum Gasteiger partial charge on any atom is -0.353 e. The number of alkyl halides is 3. The molecule has 2 aromatic heterocycles. The monoisotopic (exact) mass is 460 g/mol. The van der Waals surface area contributed by atoms with Crippen LogP contribution in [-0.2, 0) is 12.7 Å². The third-order valence-electron chi connectivity index (χ3n) is 4.74. The molecule has 0 aliphatic heterocycles. The van der Waals surface area contributed by atoms with E-state index in [1.54, 1.807) is 4.57 Å². The fourth-order valence-electron chi connectivity index (χ4n) is 3.17. The number of thioether (sulfide) groups is 1. The SMILES string of the molecule is O=C(CSc1nc2cc(C(F)(F)F)ccc2n1Cc1ccccc1)c1cc([N+](=O)[O-])c[nH]1. The van der Waals surface area contributed by atoms with Crippen LogP contribution in [0.5, 0.6) is 0 Å². The zero-order chi connectivity index (χ0) is 22.9. The number of rotatable bonds is 7. The summed E-state index contributed by atoms with van der Waals surface area (Å²) >= 11 is 1.06. The Bertz CT molecular complexity index is 1300. The van der Waals surface area contributed by atoms with Crippen molar-refractivity contribution < 1.29 is 22.9 Å². The highest BCUT2D eigenvalue weighted by Gasteiger charge is 2.31. The molecule has 32 heavy (non-hydrogen) atoms. The highest BCUT2D eigenvalue weighted by Crippen LogP contribution is 2.33. The van der Waals surface area contributed by atoms with Gasteiger partial charge in [-0.25, -0.2) is 4.98 Å². The first-order valence-corrected chi connectivity index (χ1v) is 10.3. The highest BCUT2D eigenvalue weighted by atomic mass is 32.2. The molecule has 2 heterocycles. The highest BCUT2D eigenvalue weighted by molar-refractivity contribution is 7.99. The summed E-state index contributed by atoms with van der Waals surface area (Å²) in [6, 6.07) is 13.8. The lowest BCUT2D eigenvalue weighted by Crippen LogP contribution is -2.06. The first kappa shape index (κ1) is 21.6. The van der Waals surface area contributed by atoms with Crippen LogP contribution in [0.4, 0.5) is 18.9 Å². The van der Waals surface area contributed by atoms with Gasteiger partial charge in [0.1, 0.15) is 0 Å². The lowest BCUT2D eigenvalue weighted by Gasteiger charge is -2.10. The van der Waals surface area contributed by atoms with Gasteiger partial charge in [-0.15, -0.1) is 0 Å². The summed E-state index contributed by atoms with van der Waals surface area (Å²) in [5.74, 6) is -0.487. The summed E-state index contributed by atoms with van der Waals surface area (Å²) in [7, 11) is 0. The number of halogens is 3. The molecule has 4 aromatic rings. The predicted octanol–water partition coefficient (Wildman–Crippen LogP) is 5.31. The van der Waals surface area contributed by atoms with Gasteiger partial charge in [0.2, 0.25) is 0 Å². The van der Waals surface area contributed by atoms with Gasteiger partial charge in [-0.1, -0.05) is 42.1 Å². The number of aromatic amines is 1. The number of Topliss-reactive ketones (excluding diaryl/α,β-unsaturated/α-hetero) is 1. The molecule has 0 aliphatic rings. The molecule has 0 saturated heterocycles. The zero-order valence-electron chi connectivity index (χ0n) is 16.3. The van der Waals surface area contributed by atoms with Crippen LogP contribution in [0, 0.1) is 10.1 Å². The Labute approximate surface area is 183 Å². The van der Waals surface area contributed by atoms with Crippen LogP contribution in [0.1, 0.15) is 21.6 Å². The van der Waals surface area contributed by atoms with E-state index >= 15 is 0 Å². The first-order chi connectivity index (χ1) is 15.2. The Morgan fingerprint density at radius 2 is 1.91 bits per heavy atom. The van der Waals surface area contributed by atoms with Crippen molar-refractivity contribution in [2.24, 2.45) is 0 Å². The van der Waals surface area contributed by atoms with E-state index in [0.717, 1.165) is 41.7 Å². The molecule has 4 rings (SSSR count). The van der Waals surface area contributed by atoms with E-state index in [1.165, 1.54) is 6.07 Å². The Balaban J connectivity index is 1.65. The first-order valence-electron chi connectivity index (χ1n) is 9.32. The van der Waals surface area contributed by atoms with Crippen molar-refractivity contribution in [1.29, 1.82) is 0 Å². The molecule has 1 N–H and O–H groups in total. The summed E-state index contributed by atoms with van der Waals surface area (Å²) in [5, 5.41) is 11.2. The van der Waals surface area contributed by atoms with Crippen molar-refractivity contribution in [3.63, 3.8) is 0 Å². The average molecular weight is 460 g/mol. The quantitative estimate of drug-likeness (QED) is 0.174. The van der Waals surface area contributed by atoms with Crippen LogP contribution in [0.25, 0.3) is 11.0 Å². The van der Waals surface area contributed by atoms with Gasteiger partial charge in [0.25, 0.3) is 5.69 Å². The molecule has 0 fully saturated rings. The second-order valence-electron chi connectivity index (χ2n) is 6.91. The zero-order valence-corrected chi connectivity index (χ0v) is 17.1. The molecule has 0 bridgehead atoms. The molecule has 11 heteroatoms. The number of fused-ring (bicyclic) bond motifs is 1. The van der Waals surface area contributed by atoms with E-state index in [2.05, 4.69) is 9.97 Å². The predicted molar refractivity (Wildman–Crippen MR) is 113 cm³/mol. The number of benzene rings is 2. The second-order valence-corrected chi connectivity index (χ2v) is 7.85. The largest absolute Gasteiger partial charge is 0.416 e. The summed E-state index contributed by atoms with van der Waals surface area (Å²) in [4.78, 5) is 29.6. The van der Waals surface area contributed by atoms with Crippen LogP contribution in [0.2, 0.25) is 0 Å². The summed E-state index contributed by atoms with van der Waals surface area (Å²) < 4.78 is 41.2. The van der Waals surface area contributed by atoms with Gasteiger partial charge in [0.15, 0.2) is 10.9 Å². The number of nitro groups is 1. The molecule has 164 valence electrons. The topological polar surface area (TPSA) is 93.8 Å². The maximum absolute atomic E-state index is 13.1. The third-order valence-corrected chi connectivity index (χ3v) is 5.71. The summed E-state index contributed by atoms with van der Waals surface area (Å²) in [6.07, 6.45) is -3.37. The van der Waals surface area contributed by atoms with Gasteiger partial charge >= 0.3 is 6.18 Å². The fourth-order valence-corrected chi connectivity index (χ4v) is 4.07.